The molecule has 0 N–H and O–H groups in total. The van der Waals surface area contributed by atoms with Crippen LogP contribution in [-0.2, 0) is 0 Å². The molecule has 2 atom stereocenters. The predicted octanol–water partition coefficient (Wildman–Crippen LogP) is 8.97. The summed E-state index contributed by atoms with van der Waals surface area (Å²) in [5.74, 6) is 2.90. The van der Waals surface area contributed by atoms with Crippen molar-refractivity contribution >= 4 is 0 Å². The first-order valence-electron chi connectivity index (χ1n) is 12.3. The molecule has 31 heavy (non-hydrogen) atoms. The van der Waals surface area contributed by atoms with Crippen LogP contribution < -0.4 is 4.74 Å². The first-order chi connectivity index (χ1) is 14.9. The average Bonchev–Trinajstić information content (AvgIpc) is 2.77. The van der Waals surface area contributed by atoms with Crippen LogP contribution in [0.15, 0.2) is 24.3 Å². The van der Waals surface area contributed by atoms with Crippen molar-refractivity contribution in [2.75, 3.05) is 0 Å². The minimum absolute atomic E-state index is 0.215. The van der Waals surface area contributed by atoms with Crippen molar-refractivity contribution < 1.29 is 22.3 Å². The zero-order chi connectivity index (χ0) is 22.3. The van der Waals surface area contributed by atoms with Crippen molar-refractivity contribution in [3.05, 3.63) is 29.8 Å². The van der Waals surface area contributed by atoms with E-state index in [1.165, 1.54) is 82.8 Å². The Morgan fingerprint density at radius 3 is 2.10 bits per heavy atom. The molecule has 0 aromatic heterocycles. The van der Waals surface area contributed by atoms with E-state index in [1.807, 2.05) is 0 Å². The fourth-order valence-corrected chi connectivity index (χ4v) is 5.69. The number of unbranched alkanes of at least 4 members (excludes halogenated alkanes) is 1. The highest BCUT2D eigenvalue weighted by Gasteiger charge is 2.44. The fourth-order valence-electron chi connectivity index (χ4n) is 5.69. The maximum Gasteiger partial charge on any atom is 0.461 e. The smallest absolute Gasteiger partial charge is 0.428 e. The Morgan fingerprint density at radius 2 is 1.48 bits per heavy atom. The number of alkyl halides is 4. The van der Waals surface area contributed by atoms with Gasteiger partial charge in [-0.1, -0.05) is 70.4 Å². The number of rotatable bonds is 10. The van der Waals surface area contributed by atoms with Crippen molar-refractivity contribution in [1.29, 1.82) is 0 Å². The third kappa shape index (κ3) is 7.39. The van der Waals surface area contributed by atoms with E-state index in [0.717, 1.165) is 36.2 Å². The van der Waals surface area contributed by atoms with Gasteiger partial charge in [0.2, 0.25) is 0 Å². The second-order valence-electron chi connectivity index (χ2n) is 9.87. The van der Waals surface area contributed by atoms with Crippen molar-refractivity contribution in [1.82, 2.24) is 0 Å². The van der Waals surface area contributed by atoms with Crippen LogP contribution in [-0.4, -0.2) is 12.5 Å². The lowest BCUT2D eigenvalue weighted by Crippen LogP contribution is -2.33. The van der Waals surface area contributed by atoms with E-state index in [0.29, 0.717) is 5.92 Å². The molecule has 2 saturated carbocycles. The summed E-state index contributed by atoms with van der Waals surface area (Å²) >= 11 is 0. The minimum Gasteiger partial charge on any atom is -0.428 e. The van der Waals surface area contributed by atoms with Gasteiger partial charge < -0.3 is 4.74 Å². The number of ether oxygens (including phenoxy) is 1. The normalized spacial score (nSPS) is 27.4. The molecule has 2 aliphatic rings. The number of halogens is 4. The molecular weight excluding hydrogens is 404 g/mol. The second-order valence-corrected chi connectivity index (χ2v) is 9.87. The molecule has 1 nitrogen and oxygen atoms in total. The van der Waals surface area contributed by atoms with Crippen LogP contribution >= 0.6 is 0 Å². The predicted molar refractivity (Wildman–Crippen MR) is 117 cm³/mol. The molecule has 0 amide bonds. The monoisotopic (exact) mass is 442 g/mol. The highest BCUT2D eigenvalue weighted by molar-refractivity contribution is 5.30. The Balaban J connectivity index is 1.39. The third-order valence-electron chi connectivity index (χ3n) is 7.55. The van der Waals surface area contributed by atoms with Gasteiger partial charge in [-0.3, -0.25) is 0 Å². The third-order valence-corrected chi connectivity index (χ3v) is 7.55. The van der Waals surface area contributed by atoms with Crippen LogP contribution in [0, 0.1) is 17.8 Å². The summed E-state index contributed by atoms with van der Waals surface area (Å²) in [5, 5.41) is 0. The molecule has 0 bridgehead atoms. The molecule has 2 fully saturated rings. The molecule has 5 heteroatoms. The number of hydrogen-bond acceptors (Lipinski definition) is 1. The lowest BCUT2D eigenvalue weighted by Gasteiger charge is -2.32. The van der Waals surface area contributed by atoms with Crippen molar-refractivity contribution in [2.45, 2.75) is 109 Å². The van der Waals surface area contributed by atoms with Crippen LogP contribution in [0.1, 0.15) is 102 Å². The maximum atomic E-state index is 13.0. The van der Waals surface area contributed by atoms with E-state index < -0.39 is 12.5 Å². The van der Waals surface area contributed by atoms with Crippen LogP contribution in [0.25, 0.3) is 0 Å². The topological polar surface area (TPSA) is 9.23 Å². The first kappa shape index (κ1) is 24.4. The van der Waals surface area contributed by atoms with E-state index in [2.05, 4.69) is 11.7 Å². The van der Waals surface area contributed by atoms with E-state index >= 15 is 0 Å². The van der Waals surface area contributed by atoms with E-state index in [9.17, 15) is 17.6 Å². The summed E-state index contributed by atoms with van der Waals surface area (Å²) in [5.41, 5.74) is 1.09. The van der Waals surface area contributed by atoms with Crippen molar-refractivity contribution in [2.24, 2.45) is 17.8 Å². The molecule has 0 heterocycles. The molecule has 1 aromatic carbocycles. The van der Waals surface area contributed by atoms with Gasteiger partial charge in [0, 0.05) is 0 Å². The van der Waals surface area contributed by atoms with Crippen LogP contribution in [0.2, 0.25) is 0 Å². The van der Waals surface area contributed by atoms with Gasteiger partial charge in [0.25, 0.3) is 0 Å². The SMILES string of the molecule is CCCC[C@@H]1CCC[C@@H](CC[C@H]2CC[C@H](c3ccc(OC(F)(F)C(F)F)cc3)CC2)C1. The second kappa shape index (κ2) is 11.6. The van der Waals surface area contributed by atoms with E-state index in [-0.39, 0.29) is 5.75 Å². The highest BCUT2D eigenvalue weighted by atomic mass is 19.3. The van der Waals surface area contributed by atoms with Gasteiger partial charge in [0.1, 0.15) is 5.75 Å². The number of hydrogen-bond donors (Lipinski definition) is 0. The standard InChI is InChI=1S/C26H38F4O/c1-2-3-5-20-6-4-7-21(18-20)9-8-19-10-12-22(13-11-19)23-14-16-24(17-15-23)31-26(29,30)25(27)28/h14-17,19-22,25H,2-13,18H2,1H3/t19-,20-,21+,22-/m1/s1. The maximum absolute atomic E-state index is 13.0. The van der Waals surface area contributed by atoms with Crippen molar-refractivity contribution in [3.8, 4) is 5.75 Å². The summed E-state index contributed by atoms with van der Waals surface area (Å²) in [6.07, 6.45) is 8.90. The Kier molecular flexibility index (Phi) is 9.09. The molecule has 0 radical (unpaired) electrons. The summed E-state index contributed by atoms with van der Waals surface area (Å²) in [6.45, 7) is 2.28. The van der Waals surface area contributed by atoms with Gasteiger partial charge in [-0.15, -0.1) is 0 Å². The zero-order valence-corrected chi connectivity index (χ0v) is 18.8. The van der Waals surface area contributed by atoms with Gasteiger partial charge in [-0.25, -0.2) is 0 Å². The van der Waals surface area contributed by atoms with E-state index in [4.69, 9.17) is 0 Å². The first-order valence-corrected chi connectivity index (χ1v) is 12.3. The zero-order valence-electron chi connectivity index (χ0n) is 18.8. The van der Waals surface area contributed by atoms with Crippen molar-refractivity contribution in [3.63, 3.8) is 0 Å². The van der Waals surface area contributed by atoms with Gasteiger partial charge in [-0.05, 0) is 73.5 Å². The molecule has 0 unspecified atom stereocenters. The summed E-state index contributed by atoms with van der Waals surface area (Å²) < 4.78 is 54.8. The minimum atomic E-state index is -4.45. The molecule has 176 valence electrons. The van der Waals surface area contributed by atoms with Crippen LogP contribution in [0.4, 0.5) is 17.6 Å². The molecule has 0 spiro atoms. The quantitative estimate of drug-likeness (QED) is 0.329. The molecule has 2 aliphatic carbocycles. The van der Waals surface area contributed by atoms with Gasteiger partial charge in [0.05, 0.1) is 0 Å². The van der Waals surface area contributed by atoms with Gasteiger partial charge in [0.15, 0.2) is 0 Å². The largest absolute Gasteiger partial charge is 0.461 e. The molecule has 0 aliphatic heterocycles. The van der Waals surface area contributed by atoms with Crippen LogP contribution in [0.5, 0.6) is 5.75 Å². The Labute approximate surface area is 184 Å². The number of benzene rings is 1. The fraction of sp³-hybridized carbons (Fsp3) is 0.769. The molecule has 1 aromatic rings. The van der Waals surface area contributed by atoms with Crippen LogP contribution in [0.3, 0.4) is 0 Å². The Morgan fingerprint density at radius 1 is 0.871 bits per heavy atom. The highest BCUT2D eigenvalue weighted by Crippen LogP contribution is 2.41. The summed E-state index contributed by atoms with van der Waals surface area (Å²) in [4.78, 5) is 0. The van der Waals surface area contributed by atoms with Gasteiger partial charge in [-0.2, -0.15) is 17.6 Å². The average molecular weight is 443 g/mol. The lowest BCUT2D eigenvalue weighted by molar-refractivity contribution is -0.253. The summed E-state index contributed by atoms with van der Waals surface area (Å²) in [7, 11) is 0. The molecular formula is C26H38F4O. The lowest BCUT2D eigenvalue weighted by atomic mass is 9.73. The molecule has 3 rings (SSSR count). The Bertz CT molecular complexity index is 637. The summed E-state index contributed by atoms with van der Waals surface area (Å²) in [6, 6.07) is 6.27. The van der Waals surface area contributed by atoms with E-state index in [1.54, 1.807) is 12.1 Å². The Hall–Kier alpha value is -1.26. The molecule has 0 saturated heterocycles. The van der Waals surface area contributed by atoms with Gasteiger partial charge >= 0.3 is 12.5 Å².